The van der Waals surface area contributed by atoms with Crippen LogP contribution in [0.3, 0.4) is 0 Å². The molecule has 0 aliphatic carbocycles. The van der Waals surface area contributed by atoms with E-state index in [4.69, 9.17) is 49.8 Å². The maximum Gasteiger partial charge on any atom is 1.00 e. The molecule has 0 atom stereocenters. The van der Waals surface area contributed by atoms with E-state index in [-0.39, 0.29) is 55.8 Å². The van der Waals surface area contributed by atoms with E-state index in [1.807, 2.05) is 200 Å². The minimum atomic E-state index is -0.0642. The summed E-state index contributed by atoms with van der Waals surface area (Å²) in [6.45, 7) is -0.0642. The van der Waals surface area contributed by atoms with Gasteiger partial charge in [-0.15, -0.1) is 0 Å². The van der Waals surface area contributed by atoms with E-state index in [1.54, 1.807) is 30.6 Å². The van der Waals surface area contributed by atoms with E-state index in [0.717, 1.165) is 177 Å². The van der Waals surface area contributed by atoms with Crippen LogP contribution in [-0.4, -0.2) is 78.6 Å². The van der Waals surface area contributed by atoms with Gasteiger partial charge in [-0.2, -0.15) is 9.97 Å². The maximum atomic E-state index is 12.7. The van der Waals surface area contributed by atoms with Gasteiger partial charge in [0.15, 0.2) is 29.1 Å². The number of aliphatic hydroxyl groups excluding tert-OH is 1. The van der Waals surface area contributed by atoms with Crippen molar-refractivity contribution in [2.24, 2.45) is 0 Å². The van der Waals surface area contributed by atoms with E-state index in [2.05, 4.69) is 228 Å². The molecule has 141 heavy (non-hydrogen) atoms. The molecule has 0 radical (unpaired) electrons. The first-order chi connectivity index (χ1) is 68.7. The Balaban J connectivity index is 0.000000118. The van der Waals surface area contributed by atoms with E-state index in [0.29, 0.717) is 57.6 Å². The van der Waals surface area contributed by atoms with Gasteiger partial charge >= 0.3 is 37.7 Å². The number of aliphatic hydroxyl groups is 1. The fraction of sp³-hybridized carbons (Fsp3) is 0.00840. The Kier molecular flexibility index (Phi) is 22.8. The van der Waals surface area contributed by atoms with E-state index < -0.39 is 0 Å². The molecule has 0 aliphatic heterocycles. The quantitative estimate of drug-likeness (QED) is 0.0831. The summed E-state index contributed by atoms with van der Waals surface area (Å²) >= 11 is 0. The number of aromatic nitrogens is 17. The maximum absolute atomic E-state index is 12.7. The van der Waals surface area contributed by atoms with Crippen molar-refractivity contribution in [2.45, 2.75) is 6.61 Å². The van der Waals surface area contributed by atoms with Gasteiger partial charge in [-0.25, -0.2) is 59.8 Å². The summed E-state index contributed by atoms with van der Waals surface area (Å²) in [5.41, 5.74) is 23.0. The number of hydrogen-bond donors (Lipinski definition) is 1. The van der Waals surface area contributed by atoms with E-state index in [1.165, 1.54) is 21.5 Å². The van der Waals surface area contributed by atoms with Crippen LogP contribution in [-0.2, 0) is 6.61 Å². The summed E-state index contributed by atoms with van der Waals surface area (Å²) in [4.78, 5) is 66.7. The topological polar surface area (TPSA) is 264 Å². The number of rotatable bonds is 13. The van der Waals surface area contributed by atoms with Crippen LogP contribution in [0.15, 0.2) is 425 Å². The molecule has 15 aromatic carbocycles. The monoisotopic (exact) mass is 1800 g/mol. The summed E-state index contributed by atoms with van der Waals surface area (Å²) in [7, 11) is 0. The van der Waals surface area contributed by atoms with E-state index in [9.17, 15) is 15.3 Å². The largest absolute Gasteiger partial charge is 1.00 e. The van der Waals surface area contributed by atoms with Gasteiger partial charge in [0.05, 0.1) is 67.8 Å². The minimum Gasteiger partial charge on any atom is -0.872 e. The predicted octanol–water partition coefficient (Wildman–Crippen LogP) is 18.3. The van der Waals surface area contributed by atoms with Crippen LogP contribution in [0, 0.1) is 0 Å². The number of aromatic amines is 2. The third kappa shape index (κ3) is 15.9. The van der Waals surface area contributed by atoms with Crippen molar-refractivity contribution >= 4 is 131 Å². The fourth-order valence-electron chi connectivity index (χ4n) is 19.1. The number of para-hydroxylation sites is 8. The molecule has 20 nitrogen and oxygen atoms in total. The van der Waals surface area contributed by atoms with Gasteiger partial charge in [-0.05, 0) is 127 Å². The number of nitrogens with one attached hydrogen (secondary N) is 2. The first kappa shape index (κ1) is 87.1. The second-order valence-electron chi connectivity index (χ2n) is 34.0. The molecule has 12 aromatic heterocycles. The first-order valence-corrected chi connectivity index (χ1v) is 45.6. The summed E-state index contributed by atoms with van der Waals surface area (Å²) in [6, 6.07) is 139. The molecule has 654 valence electrons. The van der Waals surface area contributed by atoms with Crippen molar-refractivity contribution < 1.29 is 63.0 Å². The molecular formula is C119H75Li2N17O3+2. The molecule has 12 heterocycles. The number of fused-ring (bicyclic) bond motifs is 18. The molecule has 0 amide bonds. The molecule has 0 saturated carbocycles. The van der Waals surface area contributed by atoms with Crippen molar-refractivity contribution in [3.05, 3.63) is 430 Å². The Morgan fingerprint density at radius 1 is 0.248 bits per heavy atom. The van der Waals surface area contributed by atoms with Crippen LogP contribution in [0.2, 0.25) is 0 Å². The van der Waals surface area contributed by atoms with Crippen LogP contribution in [0.5, 0.6) is 11.5 Å². The average molecular weight is 1800 g/mol. The van der Waals surface area contributed by atoms with Gasteiger partial charge < -0.3 is 19.9 Å². The molecular weight excluding hydrogens is 1730 g/mol. The Morgan fingerprint density at radius 2 is 0.582 bits per heavy atom. The summed E-state index contributed by atoms with van der Waals surface area (Å²) in [6.07, 6.45) is 1.60. The van der Waals surface area contributed by atoms with E-state index >= 15 is 0 Å². The van der Waals surface area contributed by atoms with Crippen LogP contribution in [0.4, 0.5) is 0 Å². The van der Waals surface area contributed by atoms with Crippen molar-refractivity contribution in [1.29, 1.82) is 0 Å². The van der Waals surface area contributed by atoms with Gasteiger partial charge in [0, 0.05) is 122 Å². The number of hydrogen-bond acceptors (Lipinski definition) is 15. The zero-order valence-electron chi connectivity index (χ0n) is 76.1. The van der Waals surface area contributed by atoms with Crippen LogP contribution < -0.4 is 57.9 Å². The van der Waals surface area contributed by atoms with Crippen molar-refractivity contribution in [1.82, 2.24) is 73.5 Å². The molecule has 0 spiro atoms. The summed E-state index contributed by atoms with van der Waals surface area (Å²) in [5, 5.41) is 48.1. The van der Waals surface area contributed by atoms with Gasteiger partial charge in [0.25, 0.3) is 0 Å². The second kappa shape index (κ2) is 36.9. The van der Waals surface area contributed by atoms with Crippen molar-refractivity contribution in [3.63, 3.8) is 0 Å². The molecule has 0 fully saturated rings. The van der Waals surface area contributed by atoms with Gasteiger partial charge in [0.1, 0.15) is 34.6 Å². The predicted molar refractivity (Wildman–Crippen MR) is 548 cm³/mol. The Labute approximate surface area is 829 Å². The van der Waals surface area contributed by atoms with Crippen molar-refractivity contribution in [3.8, 4) is 131 Å². The average Bonchev–Trinajstić information content (AvgIpc) is 1.63. The number of benzene rings is 15. The minimum absolute atomic E-state index is 0. The number of pyridine rings is 6. The zero-order chi connectivity index (χ0) is 92.5. The number of H-pyrrole nitrogens is 2. The summed E-state index contributed by atoms with van der Waals surface area (Å²) in [5.74, 6) is 3.85. The zero-order valence-corrected chi connectivity index (χ0v) is 76.1. The number of nitrogens with zero attached hydrogens (tertiary/aromatic N) is 15. The molecule has 22 heteroatoms. The molecule has 0 bridgehead atoms. The second-order valence-corrected chi connectivity index (χ2v) is 34.0. The first-order valence-electron chi connectivity index (χ1n) is 45.6. The molecule has 0 unspecified atom stereocenters. The molecule has 0 aliphatic rings. The smallest absolute Gasteiger partial charge is 0.872 e. The van der Waals surface area contributed by atoms with Gasteiger partial charge in [-0.3, -0.25) is 9.13 Å². The molecule has 27 aromatic rings. The van der Waals surface area contributed by atoms with Gasteiger partial charge in [0.2, 0.25) is 28.4 Å². The van der Waals surface area contributed by atoms with Crippen LogP contribution in [0.25, 0.3) is 251 Å². The third-order valence-corrected chi connectivity index (χ3v) is 25.8. The van der Waals surface area contributed by atoms with Crippen molar-refractivity contribution in [2.75, 3.05) is 0 Å². The van der Waals surface area contributed by atoms with Crippen LogP contribution in [0.1, 0.15) is 5.56 Å². The molecule has 3 N–H and O–H groups in total. The SMILES string of the molecule is OCc1ccccc1-c1ccc2ccc3ccc(-c4nc(-c5ccccc5)nc(-n5c6ccccc6c6ccccc65)n4)nc3c2n1.[Li+].[Li+].[O-]c1ccccc1-c1ccc2ccc3ccc(-c4cc(-n5c6ccccc6c6ccccc65)ncn4)nc3c2[nH+]1.[O-]c1ccccc1-c1ccc2ccc3ccc(-c4nc(-c5ccccc5)nc(-c5ccc(-n6c7ccccc7c7ccccc76)cc5)n4)nc3c2[nH+]1. The Hall–Kier alpha value is -18.0. The third-order valence-electron chi connectivity index (χ3n) is 25.8. The molecule has 27 rings (SSSR count). The standard InChI is InChI=1S/C45H28N6O.C40H26N6O.C34H21N5O.2Li/c52-40-17-9-6-14-35(40)36-26-22-28-18-19-29-23-27-37(47-42(29)41(28)46-36)45-49-43(30-10-2-1-3-11-30)48-44(50-45)31-20-24-32(25-21-31)51-38-15-7-4-12-33(38)34-13-5-8-16-39(34)51;47-24-28-12-4-5-13-29(28)32-22-20-25-18-19-26-21-23-33(42-37(26)36(25)41-32)39-43-38(27-10-2-1-3-11-27)44-40(45-39)46-34-16-8-6-14-30(34)31-15-7-9-17-35(31)46;40-31-12-6-3-9-25(31)26-17-15-21-13-14-22-16-18-27(38-34(22)33(21)37-26)28-19-32(36-20-35-28)39-29-10-4-1-7-23(29)24-8-2-5-11-30(24)39;;/h1-27,52H;1-23,47H,24H2;1-20,40H;;/q;;;2*+1. The van der Waals surface area contributed by atoms with Gasteiger partial charge in [-0.1, -0.05) is 291 Å². The molecule has 0 saturated heterocycles. The fourth-order valence-corrected chi connectivity index (χ4v) is 19.1. The summed E-state index contributed by atoms with van der Waals surface area (Å²) < 4.78 is 6.57. The normalized spacial score (nSPS) is 11.4. The Morgan fingerprint density at radius 3 is 1.06 bits per heavy atom. The van der Waals surface area contributed by atoms with Crippen LogP contribution >= 0.6 is 0 Å². The Bertz CT molecular complexity index is 9440.